The lowest BCUT2D eigenvalue weighted by atomic mass is 10.2. The largest absolute Gasteiger partial charge is 0.493 e. The third-order valence-electron chi connectivity index (χ3n) is 2.86. The second kappa shape index (κ2) is 10.2. The highest BCUT2D eigenvalue weighted by atomic mass is 16.5. The predicted molar refractivity (Wildman–Crippen MR) is 78.8 cm³/mol. The first-order valence-electron chi connectivity index (χ1n) is 6.89. The third kappa shape index (κ3) is 6.54. The van der Waals surface area contributed by atoms with Crippen molar-refractivity contribution in [3.05, 3.63) is 29.8 Å². The number of nitrogens with one attached hydrogen (secondary N) is 2. The minimum Gasteiger partial charge on any atom is -0.493 e. The number of carbonyl (C=O) groups excluding carboxylic acids is 1. The van der Waals surface area contributed by atoms with Gasteiger partial charge in [-0.3, -0.25) is 4.79 Å². The van der Waals surface area contributed by atoms with Crippen molar-refractivity contribution in [2.45, 2.75) is 19.4 Å². The quantitative estimate of drug-likeness (QED) is 0.635. The van der Waals surface area contributed by atoms with Crippen LogP contribution in [0, 0.1) is 0 Å². The average molecular weight is 280 g/mol. The number of benzene rings is 1. The molecule has 0 aromatic heterocycles. The molecule has 1 aromatic carbocycles. The predicted octanol–water partition coefficient (Wildman–Crippen LogP) is 1.33. The number of methoxy groups -OCH3 is 1. The smallest absolute Gasteiger partial charge is 0.219 e. The average Bonchev–Trinajstić information content (AvgIpc) is 2.49. The van der Waals surface area contributed by atoms with Crippen LogP contribution in [-0.4, -0.2) is 39.8 Å². The van der Waals surface area contributed by atoms with Crippen LogP contribution < -0.4 is 15.4 Å². The summed E-state index contributed by atoms with van der Waals surface area (Å²) >= 11 is 0. The molecule has 5 heteroatoms. The summed E-state index contributed by atoms with van der Waals surface area (Å²) in [5.74, 6) is 0.914. The Kier molecular flexibility index (Phi) is 8.42. The maximum Gasteiger partial charge on any atom is 0.219 e. The second-order valence-electron chi connectivity index (χ2n) is 4.40. The molecule has 1 aromatic rings. The van der Waals surface area contributed by atoms with Crippen molar-refractivity contribution < 1.29 is 14.3 Å². The highest BCUT2D eigenvalue weighted by molar-refractivity contribution is 5.75. The molecule has 0 aliphatic carbocycles. The molecule has 0 bridgehead atoms. The van der Waals surface area contributed by atoms with Crippen LogP contribution in [0.1, 0.15) is 18.4 Å². The monoisotopic (exact) mass is 280 g/mol. The van der Waals surface area contributed by atoms with Crippen LogP contribution in [0.15, 0.2) is 24.3 Å². The Morgan fingerprint density at radius 1 is 1.25 bits per heavy atom. The van der Waals surface area contributed by atoms with Gasteiger partial charge in [-0.25, -0.2) is 0 Å². The molecule has 0 heterocycles. The third-order valence-corrected chi connectivity index (χ3v) is 2.86. The lowest BCUT2D eigenvalue weighted by Crippen LogP contribution is -2.19. The number of rotatable bonds is 10. The van der Waals surface area contributed by atoms with E-state index in [0.29, 0.717) is 26.1 Å². The zero-order chi connectivity index (χ0) is 14.6. The molecule has 0 aliphatic rings. The van der Waals surface area contributed by atoms with Gasteiger partial charge in [-0.05, 0) is 12.5 Å². The van der Waals surface area contributed by atoms with E-state index in [1.165, 1.54) is 0 Å². The maximum absolute atomic E-state index is 11.1. The fraction of sp³-hybridized carbons (Fsp3) is 0.533. The number of carbonyl (C=O) groups is 1. The SMILES string of the molecule is CNC(=O)CCCOc1ccccc1CNCCOC. The summed E-state index contributed by atoms with van der Waals surface area (Å²) in [5, 5.41) is 5.89. The molecular weight excluding hydrogens is 256 g/mol. The van der Waals surface area contributed by atoms with E-state index in [-0.39, 0.29) is 5.91 Å². The van der Waals surface area contributed by atoms with Crippen molar-refractivity contribution in [3.8, 4) is 5.75 Å². The molecule has 112 valence electrons. The normalized spacial score (nSPS) is 10.3. The summed E-state index contributed by atoms with van der Waals surface area (Å²) in [7, 11) is 3.33. The first-order valence-corrected chi connectivity index (χ1v) is 6.89. The molecule has 0 fully saturated rings. The van der Waals surface area contributed by atoms with E-state index in [1.807, 2.05) is 24.3 Å². The summed E-state index contributed by atoms with van der Waals surface area (Å²) in [4.78, 5) is 11.1. The Bertz CT molecular complexity index is 396. The van der Waals surface area contributed by atoms with Gasteiger partial charge in [0.2, 0.25) is 5.91 Å². The van der Waals surface area contributed by atoms with E-state index in [9.17, 15) is 4.79 Å². The standard InChI is InChI=1S/C15H24N2O3/c1-16-15(18)8-5-10-20-14-7-4-3-6-13(14)12-17-9-11-19-2/h3-4,6-7,17H,5,8-12H2,1-2H3,(H,16,18). The minimum atomic E-state index is 0.0446. The highest BCUT2D eigenvalue weighted by Gasteiger charge is 2.03. The Hall–Kier alpha value is -1.59. The van der Waals surface area contributed by atoms with Crippen molar-refractivity contribution in [3.63, 3.8) is 0 Å². The fourth-order valence-corrected chi connectivity index (χ4v) is 1.73. The number of hydrogen-bond donors (Lipinski definition) is 2. The summed E-state index contributed by atoms with van der Waals surface area (Å²) in [6.45, 7) is 2.79. The van der Waals surface area contributed by atoms with Crippen LogP contribution in [0.25, 0.3) is 0 Å². The molecule has 1 amide bonds. The van der Waals surface area contributed by atoms with Crippen LogP contribution in [-0.2, 0) is 16.1 Å². The fourth-order valence-electron chi connectivity index (χ4n) is 1.73. The van der Waals surface area contributed by atoms with E-state index in [0.717, 1.165) is 24.4 Å². The van der Waals surface area contributed by atoms with E-state index < -0.39 is 0 Å². The molecule has 0 spiro atoms. The van der Waals surface area contributed by atoms with Crippen molar-refractivity contribution in [1.29, 1.82) is 0 Å². The van der Waals surface area contributed by atoms with Gasteiger partial charge in [0.05, 0.1) is 13.2 Å². The summed E-state index contributed by atoms with van der Waals surface area (Å²) in [6.07, 6.45) is 1.20. The first kappa shape index (κ1) is 16.5. The Morgan fingerprint density at radius 2 is 2.05 bits per heavy atom. The van der Waals surface area contributed by atoms with Crippen LogP contribution in [0.2, 0.25) is 0 Å². The number of amides is 1. The first-order chi connectivity index (χ1) is 9.77. The number of ether oxygens (including phenoxy) is 2. The van der Waals surface area contributed by atoms with Gasteiger partial charge in [-0.15, -0.1) is 0 Å². The summed E-state index contributed by atoms with van der Waals surface area (Å²) < 4.78 is 10.7. The molecule has 1 rings (SSSR count). The minimum absolute atomic E-state index is 0.0446. The van der Waals surface area contributed by atoms with Gasteiger partial charge in [0, 0.05) is 39.2 Å². The van der Waals surface area contributed by atoms with Gasteiger partial charge in [-0.2, -0.15) is 0 Å². The maximum atomic E-state index is 11.1. The lowest BCUT2D eigenvalue weighted by molar-refractivity contribution is -0.120. The molecule has 5 nitrogen and oxygen atoms in total. The molecular formula is C15H24N2O3. The van der Waals surface area contributed by atoms with Crippen LogP contribution in [0.3, 0.4) is 0 Å². The van der Waals surface area contributed by atoms with Gasteiger partial charge >= 0.3 is 0 Å². The van der Waals surface area contributed by atoms with Gasteiger partial charge in [0.25, 0.3) is 0 Å². The Labute approximate surface area is 120 Å². The topological polar surface area (TPSA) is 59.6 Å². The molecule has 20 heavy (non-hydrogen) atoms. The molecule has 0 unspecified atom stereocenters. The van der Waals surface area contributed by atoms with Crippen LogP contribution in [0.4, 0.5) is 0 Å². The van der Waals surface area contributed by atoms with Crippen molar-refractivity contribution >= 4 is 5.91 Å². The Balaban J connectivity index is 2.34. The molecule has 0 saturated carbocycles. The lowest BCUT2D eigenvalue weighted by Gasteiger charge is -2.12. The second-order valence-corrected chi connectivity index (χ2v) is 4.40. The van der Waals surface area contributed by atoms with Crippen molar-refractivity contribution in [1.82, 2.24) is 10.6 Å². The summed E-state index contributed by atoms with van der Waals surface area (Å²) in [6, 6.07) is 7.93. The zero-order valence-electron chi connectivity index (χ0n) is 12.3. The van der Waals surface area contributed by atoms with Crippen LogP contribution >= 0.6 is 0 Å². The molecule has 0 radical (unpaired) electrons. The highest BCUT2D eigenvalue weighted by Crippen LogP contribution is 2.17. The van der Waals surface area contributed by atoms with E-state index in [4.69, 9.17) is 9.47 Å². The van der Waals surface area contributed by atoms with E-state index in [1.54, 1.807) is 14.2 Å². The molecule has 0 atom stereocenters. The Morgan fingerprint density at radius 3 is 2.80 bits per heavy atom. The number of hydrogen-bond acceptors (Lipinski definition) is 4. The van der Waals surface area contributed by atoms with Gasteiger partial charge in [-0.1, -0.05) is 18.2 Å². The van der Waals surface area contributed by atoms with Gasteiger partial charge in [0.1, 0.15) is 5.75 Å². The number of para-hydroxylation sites is 1. The molecule has 2 N–H and O–H groups in total. The molecule has 0 aliphatic heterocycles. The van der Waals surface area contributed by atoms with E-state index in [2.05, 4.69) is 10.6 Å². The van der Waals surface area contributed by atoms with Crippen molar-refractivity contribution in [2.24, 2.45) is 0 Å². The van der Waals surface area contributed by atoms with E-state index >= 15 is 0 Å². The van der Waals surface area contributed by atoms with Gasteiger partial charge in [0.15, 0.2) is 0 Å². The molecule has 0 saturated heterocycles. The zero-order valence-corrected chi connectivity index (χ0v) is 12.3. The van der Waals surface area contributed by atoms with Gasteiger partial charge < -0.3 is 20.1 Å². The van der Waals surface area contributed by atoms with Crippen LogP contribution in [0.5, 0.6) is 5.75 Å². The van der Waals surface area contributed by atoms with Crippen molar-refractivity contribution in [2.75, 3.05) is 33.9 Å². The summed E-state index contributed by atoms with van der Waals surface area (Å²) in [5.41, 5.74) is 1.11.